The van der Waals surface area contributed by atoms with Crippen molar-refractivity contribution in [3.63, 3.8) is 0 Å². The van der Waals surface area contributed by atoms with Crippen LogP contribution in [-0.4, -0.2) is 36.4 Å². The average molecular weight is 306 g/mol. The maximum absolute atomic E-state index is 13.5. The van der Waals surface area contributed by atoms with Crippen molar-refractivity contribution in [1.82, 2.24) is 4.90 Å². The van der Waals surface area contributed by atoms with Crippen LogP contribution in [0.5, 0.6) is 0 Å². The lowest BCUT2D eigenvalue weighted by molar-refractivity contribution is 0.0798. The van der Waals surface area contributed by atoms with Gasteiger partial charge in [0.1, 0.15) is 5.82 Å². The van der Waals surface area contributed by atoms with Gasteiger partial charge in [0.05, 0.1) is 5.56 Å². The maximum atomic E-state index is 13.5. The van der Waals surface area contributed by atoms with Crippen molar-refractivity contribution in [2.75, 3.05) is 25.6 Å². The Morgan fingerprint density at radius 3 is 2.81 bits per heavy atom. The van der Waals surface area contributed by atoms with Gasteiger partial charge in [0.2, 0.25) is 0 Å². The molecule has 0 aromatic heterocycles. The fraction of sp³-hybridized carbons (Fsp3) is 0.364. The van der Waals surface area contributed by atoms with E-state index in [9.17, 15) is 9.18 Å². The van der Waals surface area contributed by atoms with Crippen molar-refractivity contribution in [3.8, 4) is 0 Å². The van der Waals surface area contributed by atoms with E-state index in [4.69, 9.17) is 0 Å². The summed E-state index contributed by atoms with van der Waals surface area (Å²) in [6.07, 6.45) is 1.97. The molecule has 0 atom stereocenters. The van der Waals surface area contributed by atoms with Gasteiger partial charge in [-0.05, 0) is 34.3 Å². The lowest BCUT2D eigenvalue weighted by Crippen LogP contribution is -2.29. The summed E-state index contributed by atoms with van der Waals surface area (Å²) in [7, 11) is 1.68. The van der Waals surface area contributed by atoms with Gasteiger partial charge < -0.3 is 4.90 Å². The van der Waals surface area contributed by atoms with Crippen molar-refractivity contribution < 1.29 is 9.18 Å². The number of benzene rings is 1. The molecule has 0 aliphatic carbocycles. The minimum Gasteiger partial charge on any atom is -0.341 e. The number of hydrogen-bond donors (Lipinski definition) is 0. The molecule has 2 nitrogen and oxygen atoms in total. The first kappa shape index (κ1) is 13.5. The first-order valence-electron chi connectivity index (χ1n) is 4.76. The van der Waals surface area contributed by atoms with Crippen LogP contribution in [-0.2, 0) is 0 Å². The highest BCUT2D eigenvalue weighted by Crippen LogP contribution is 2.21. The molecule has 0 heterocycles. The summed E-state index contributed by atoms with van der Waals surface area (Å²) in [5.74, 6) is 0.0586. The number of thioether (sulfide) groups is 1. The Bertz CT molecular complexity index is 366. The molecular formula is C11H13BrFNOS. The minimum atomic E-state index is -0.490. The van der Waals surface area contributed by atoms with Crippen molar-refractivity contribution in [2.45, 2.75) is 0 Å². The number of hydrogen-bond acceptors (Lipinski definition) is 2. The van der Waals surface area contributed by atoms with Crippen LogP contribution in [0.4, 0.5) is 4.39 Å². The van der Waals surface area contributed by atoms with Crippen LogP contribution in [0.25, 0.3) is 0 Å². The zero-order valence-electron chi connectivity index (χ0n) is 9.17. The van der Waals surface area contributed by atoms with Gasteiger partial charge in [0, 0.05) is 23.8 Å². The lowest BCUT2D eigenvalue weighted by atomic mass is 10.2. The molecule has 1 aromatic rings. The van der Waals surface area contributed by atoms with Gasteiger partial charge in [0.25, 0.3) is 5.91 Å². The quantitative estimate of drug-likeness (QED) is 0.852. The predicted molar refractivity (Wildman–Crippen MR) is 69.4 cm³/mol. The summed E-state index contributed by atoms with van der Waals surface area (Å²) in [5.41, 5.74) is 0.103. The highest BCUT2D eigenvalue weighted by molar-refractivity contribution is 9.10. The minimum absolute atomic E-state index is 0.103. The van der Waals surface area contributed by atoms with Crippen LogP contribution >= 0.6 is 27.7 Å². The van der Waals surface area contributed by atoms with E-state index < -0.39 is 5.82 Å². The van der Waals surface area contributed by atoms with Crippen LogP contribution < -0.4 is 0 Å². The summed E-state index contributed by atoms with van der Waals surface area (Å²) in [4.78, 5) is 13.5. The number of halogens is 2. The Morgan fingerprint density at radius 1 is 1.56 bits per heavy atom. The van der Waals surface area contributed by atoms with Gasteiger partial charge in [-0.2, -0.15) is 11.8 Å². The van der Waals surface area contributed by atoms with Gasteiger partial charge in [0.15, 0.2) is 0 Å². The standard InChI is InChI=1S/C11H13BrFNOS/c1-14(6-7-16-2)11(15)10-8(12)4-3-5-9(10)13/h3-5H,6-7H2,1-2H3. The topological polar surface area (TPSA) is 20.3 Å². The van der Waals surface area contributed by atoms with Crippen LogP contribution in [0.15, 0.2) is 22.7 Å². The zero-order chi connectivity index (χ0) is 12.1. The normalized spacial score (nSPS) is 10.2. The molecule has 0 bridgehead atoms. The molecule has 1 rings (SSSR count). The molecule has 0 spiro atoms. The first-order chi connectivity index (χ1) is 7.57. The van der Waals surface area contributed by atoms with Crippen LogP contribution in [0.3, 0.4) is 0 Å². The van der Waals surface area contributed by atoms with E-state index in [2.05, 4.69) is 15.9 Å². The van der Waals surface area contributed by atoms with Crippen molar-refractivity contribution >= 4 is 33.6 Å². The van der Waals surface area contributed by atoms with E-state index in [1.807, 2.05) is 6.26 Å². The summed E-state index contributed by atoms with van der Waals surface area (Å²) in [6.45, 7) is 0.612. The molecule has 5 heteroatoms. The van der Waals surface area contributed by atoms with E-state index >= 15 is 0 Å². The predicted octanol–water partition coefficient (Wildman–Crippen LogP) is 3.02. The van der Waals surface area contributed by atoms with Crippen LogP contribution in [0.2, 0.25) is 0 Å². The van der Waals surface area contributed by atoms with E-state index in [0.717, 1.165) is 5.75 Å². The molecule has 0 aliphatic rings. The lowest BCUT2D eigenvalue weighted by Gasteiger charge is -2.17. The number of carbonyl (C=O) groups is 1. The molecule has 0 unspecified atom stereocenters. The largest absolute Gasteiger partial charge is 0.341 e. The third-order valence-corrected chi connectivity index (χ3v) is 3.41. The van der Waals surface area contributed by atoms with Gasteiger partial charge in [-0.15, -0.1) is 0 Å². The smallest absolute Gasteiger partial charge is 0.257 e. The first-order valence-corrected chi connectivity index (χ1v) is 6.95. The number of nitrogens with zero attached hydrogens (tertiary/aromatic N) is 1. The Labute approximate surface area is 107 Å². The molecule has 0 saturated heterocycles. The number of amides is 1. The Morgan fingerprint density at radius 2 is 2.25 bits per heavy atom. The highest BCUT2D eigenvalue weighted by atomic mass is 79.9. The summed E-state index contributed by atoms with van der Waals surface area (Å²) in [5, 5.41) is 0. The zero-order valence-corrected chi connectivity index (χ0v) is 11.6. The SMILES string of the molecule is CSCCN(C)C(=O)c1c(F)cccc1Br. The van der Waals surface area contributed by atoms with E-state index in [1.54, 1.807) is 30.9 Å². The molecule has 0 radical (unpaired) electrons. The van der Waals surface area contributed by atoms with E-state index in [0.29, 0.717) is 11.0 Å². The molecule has 0 fully saturated rings. The van der Waals surface area contributed by atoms with Crippen molar-refractivity contribution in [3.05, 3.63) is 34.1 Å². The van der Waals surface area contributed by atoms with E-state index in [1.165, 1.54) is 11.0 Å². The van der Waals surface area contributed by atoms with Gasteiger partial charge >= 0.3 is 0 Å². The molecule has 16 heavy (non-hydrogen) atoms. The highest BCUT2D eigenvalue weighted by Gasteiger charge is 2.18. The van der Waals surface area contributed by atoms with Gasteiger partial charge in [-0.25, -0.2) is 4.39 Å². The fourth-order valence-corrected chi connectivity index (χ4v) is 2.19. The van der Waals surface area contributed by atoms with Crippen LogP contribution in [0.1, 0.15) is 10.4 Å². The summed E-state index contributed by atoms with van der Waals surface area (Å²) < 4.78 is 14.0. The molecule has 1 aromatic carbocycles. The summed E-state index contributed by atoms with van der Waals surface area (Å²) in [6, 6.07) is 4.53. The number of carbonyl (C=O) groups excluding carboxylic acids is 1. The molecule has 0 aliphatic heterocycles. The molecule has 88 valence electrons. The van der Waals surface area contributed by atoms with Crippen LogP contribution in [0, 0.1) is 5.82 Å². The van der Waals surface area contributed by atoms with Crippen molar-refractivity contribution in [2.24, 2.45) is 0 Å². The second-order valence-corrected chi connectivity index (χ2v) is 5.16. The Kier molecular flexibility index (Phi) is 5.28. The summed E-state index contributed by atoms with van der Waals surface area (Å²) >= 11 is 4.84. The maximum Gasteiger partial charge on any atom is 0.257 e. The van der Waals surface area contributed by atoms with Gasteiger partial charge in [-0.3, -0.25) is 4.79 Å². The Balaban J connectivity index is 2.87. The third kappa shape index (κ3) is 3.22. The molecular weight excluding hydrogens is 293 g/mol. The second kappa shape index (κ2) is 6.25. The van der Waals surface area contributed by atoms with Gasteiger partial charge in [-0.1, -0.05) is 6.07 Å². The molecule has 0 saturated carbocycles. The fourth-order valence-electron chi connectivity index (χ4n) is 1.22. The van der Waals surface area contributed by atoms with Crippen molar-refractivity contribution in [1.29, 1.82) is 0 Å². The Hall–Kier alpha value is -0.550. The molecule has 0 N–H and O–H groups in total. The average Bonchev–Trinajstić information content (AvgIpc) is 2.25. The van der Waals surface area contributed by atoms with E-state index in [-0.39, 0.29) is 11.5 Å². The second-order valence-electron chi connectivity index (χ2n) is 3.32. The number of rotatable bonds is 4. The molecule has 1 amide bonds. The monoisotopic (exact) mass is 305 g/mol. The third-order valence-electron chi connectivity index (χ3n) is 2.15.